The number of rotatable bonds is 5. The number of anilines is 1. The molecule has 0 aliphatic carbocycles. The molecule has 0 atom stereocenters. The molecule has 2 saturated heterocycles. The fourth-order valence-electron chi connectivity index (χ4n) is 4.11. The minimum absolute atomic E-state index is 0.0257. The van der Waals surface area contributed by atoms with Crippen LogP contribution in [0.15, 0.2) is 53.4 Å². The predicted molar refractivity (Wildman–Crippen MR) is 124 cm³/mol. The Hall–Kier alpha value is -3.11. The van der Waals surface area contributed by atoms with Gasteiger partial charge in [0.25, 0.3) is 5.91 Å². The van der Waals surface area contributed by atoms with Gasteiger partial charge in [0.2, 0.25) is 15.9 Å². The topological polar surface area (TPSA) is 99.3 Å². The summed E-state index contributed by atoms with van der Waals surface area (Å²) in [4.78, 5) is 28.9. The Labute approximate surface area is 194 Å². The molecule has 0 saturated carbocycles. The van der Waals surface area contributed by atoms with Crippen LogP contribution in [0.1, 0.15) is 16.8 Å². The Bertz CT molecular complexity index is 1120. The molecule has 0 spiro atoms. The molecule has 2 amide bonds. The third-order valence-electron chi connectivity index (χ3n) is 5.94. The van der Waals surface area contributed by atoms with Crippen LogP contribution >= 0.6 is 0 Å². The lowest BCUT2D eigenvalue weighted by Crippen LogP contribution is -2.49. The highest BCUT2D eigenvalue weighted by molar-refractivity contribution is 7.89. The lowest BCUT2D eigenvalue weighted by atomic mass is 10.2. The Morgan fingerprint density at radius 2 is 1.79 bits per heavy atom. The SMILES string of the molecule is COc1ccc(N2CCCN(C(=O)c3cccc(S(=O)(=O)N4CCNC(=O)C4)c3)CC2)cc1. The van der Waals surface area contributed by atoms with E-state index in [1.165, 1.54) is 12.1 Å². The maximum absolute atomic E-state index is 13.2. The van der Waals surface area contributed by atoms with E-state index in [1.54, 1.807) is 24.1 Å². The monoisotopic (exact) mass is 472 g/mol. The standard InChI is InChI=1S/C23H28N4O5S/c1-32-20-8-6-19(7-9-20)25-11-3-12-26(15-14-25)23(29)18-4-2-5-21(16-18)33(30,31)27-13-10-24-22(28)17-27/h2,4-9,16H,3,10-15,17H2,1H3,(H,24,28). The lowest BCUT2D eigenvalue weighted by molar-refractivity contribution is -0.122. The second-order valence-corrected chi connectivity index (χ2v) is 9.99. The number of hydrogen-bond donors (Lipinski definition) is 1. The maximum Gasteiger partial charge on any atom is 0.253 e. The molecule has 2 fully saturated rings. The van der Waals surface area contributed by atoms with Gasteiger partial charge in [-0.05, 0) is 48.9 Å². The molecule has 10 heteroatoms. The summed E-state index contributed by atoms with van der Waals surface area (Å²) in [5.41, 5.74) is 1.40. The van der Waals surface area contributed by atoms with Crippen LogP contribution in [0.2, 0.25) is 0 Å². The molecule has 2 aromatic carbocycles. The molecule has 2 heterocycles. The van der Waals surface area contributed by atoms with Gasteiger partial charge in [0.05, 0.1) is 18.6 Å². The van der Waals surface area contributed by atoms with Gasteiger partial charge >= 0.3 is 0 Å². The highest BCUT2D eigenvalue weighted by atomic mass is 32.2. The van der Waals surface area contributed by atoms with Gasteiger partial charge < -0.3 is 19.9 Å². The number of methoxy groups -OCH3 is 1. The summed E-state index contributed by atoms with van der Waals surface area (Å²) in [6.07, 6.45) is 0.804. The zero-order valence-corrected chi connectivity index (χ0v) is 19.4. The van der Waals surface area contributed by atoms with Gasteiger partial charge in [-0.15, -0.1) is 0 Å². The molecule has 0 aromatic heterocycles. The van der Waals surface area contributed by atoms with Crippen LogP contribution in [-0.4, -0.2) is 82.4 Å². The van der Waals surface area contributed by atoms with Crippen LogP contribution in [0.4, 0.5) is 5.69 Å². The second-order valence-electron chi connectivity index (χ2n) is 8.05. The van der Waals surface area contributed by atoms with Crippen LogP contribution < -0.4 is 15.0 Å². The van der Waals surface area contributed by atoms with Gasteiger partial charge in [0, 0.05) is 50.5 Å². The summed E-state index contributed by atoms with van der Waals surface area (Å²) >= 11 is 0. The van der Waals surface area contributed by atoms with E-state index in [0.29, 0.717) is 25.2 Å². The minimum Gasteiger partial charge on any atom is -0.497 e. The van der Waals surface area contributed by atoms with Crippen molar-refractivity contribution in [2.75, 3.05) is 57.8 Å². The third-order valence-corrected chi connectivity index (χ3v) is 7.78. The Morgan fingerprint density at radius 3 is 2.52 bits per heavy atom. The number of nitrogens with one attached hydrogen (secondary N) is 1. The number of carbonyl (C=O) groups excluding carboxylic acids is 2. The molecule has 0 radical (unpaired) electrons. The first-order chi connectivity index (χ1) is 15.9. The van der Waals surface area contributed by atoms with Crippen LogP contribution in [0, 0.1) is 0 Å². The van der Waals surface area contributed by atoms with Crippen LogP contribution in [0.5, 0.6) is 5.75 Å². The van der Waals surface area contributed by atoms with Gasteiger partial charge in [0.1, 0.15) is 5.75 Å². The maximum atomic E-state index is 13.2. The van der Waals surface area contributed by atoms with Crippen molar-refractivity contribution in [1.29, 1.82) is 0 Å². The fourth-order valence-corrected chi connectivity index (χ4v) is 5.56. The van der Waals surface area contributed by atoms with E-state index in [0.717, 1.165) is 28.7 Å². The van der Waals surface area contributed by atoms with Gasteiger partial charge in [-0.25, -0.2) is 8.42 Å². The van der Waals surface area contributed by atoms with Crippen molar-refractivity contribution in [2.45, 2.75) is 11.3 Å². The van der Waals surface area contributed by atoms with Gasteiger partial charge in [-0.1, -0.05) is 6.07 Å². The van der Waals surface area contributed by atoms with E-state index in [-0.39, 0.29) is 36.3 Å². The van der Waals surface area contributed by atoms with Crippen molar-refractivity contribution < 1.29 is 22.7 Å². The number of benzene rings is 2. The highest BCUT2D eigenvalue weighted by Crippen LogP contribution is 2.22. The number of carbonyl (C=O) groups is 2. The number of nitrogens with zero attached hydrogens (tertiary/aromatic N) is 3. The summed E-state index contributed by atoms with van der Waals surface area (Å²) in [5, 5.41) is 2.62. The first-order valence-electron chi connectivity index (χ1n) is 10.9. The van der Waals surface area contributed by atoms with Crippen LogP contribution in [-0.2, 0) is 14.8 Å². The number of sulfonamides is 1. The second kappa shape index (κ2) is 9.80. The first kappa shape index (κ1) is 23.1. The van der Waals surface area contributed by atoms with E-state index < -0.39 is 10.0 Å². The Kier molecular flexibility index (Phi) is 6.85. The van der Waals surface area contributed by atoms with E-state index in [1.807, 2.05) is 24.3 Å². The summed E-state index contributed by atoms with van der Waals surface area (Å²) in [6.45, 7) is 2.89. The summed E-state index contributed by atoms with van der Waals surface area (Å²) in [7, 11) is -2.22. The molecule has 0 bridgehead atoms. The van der Waals surface area contributed by atoms with Crippen LogP contribution in [0.25, 0.3) is 0 Å². The molecule has 4 rings (SSSR count). The van der Waals surface area contributed by atoms with Gasteiger partial charge in [-0.2, -0.15) is 4.31 Å². The Morgan fingerprint density at radius 1 is 1.00 bits per heavy atom. The summed E-state index contributed by atoms with van der Waals surface area (Å²) in [6, 6.07) is 13.9. The normalized spacial score (nSPS) is 17.9. The molecular weight excluding hydrogens is 444 g/mol. The number of piperazine rings is 1. The molecule has 33 heavy (non-hydrogen) atoms. The van der Waals surface area contributed by atoms with Crippen molar-refractivity contribution in [3.05, 3.63) is 54.1 Å². The average Bonchev–Trinajstić information content (AvgIpc) is 3.10. The minimum atomic E-state index is -3.86. The largest absolute Gasteiger partial charge is 0.497 e. The quantitative estimate of drug-likeness (QED) is 0.701. The van der Waals surface area contributed by atoms with Crippen LogP contribution in [0.3, 0.4) is 0 Å². The number of ether oxygens (including phenoxy) is 1. The predicted octanol–water partition coefficient (Wildman–Crippen LogP) is 1.17. The van der Waals surface area contributed by atoms with Crippen molar-refractivity contribution in [1.82, 2.24) is 14.5 Å². The smallest absolute Gasteiger partial charge is 0.253 e. The van der Waals surface area contributed by atoms with E-state index in [2.05, 4.69) is 10.2 Å². The molecule has 176 valence electrons. The number of hydrogen-bond acceptors (Lipinski definition) is 6. The average molecular weight is 473 g/mol. The van der Waals surface area contributed by atoms with E-state index in [4.69, 9.17) is 4.74 Å². The molecule has 2 aliphatic rings. The third kappa shape index (κ3) is 5.12. The van der Waals surface area contributed by atoms with E-state index >= 15 is 0 Å². The highest BCUT2D eigenvalue weighted by Gasteiger charge is 2.30. The van der Waals surface area contributed by atoms with E-state index in [9.17, 15) is 18.0 Å². The Balaban J connectivity index is 1.46. The molecule has 0 unspecified atom stereocenters. The fraction of sp³-hybridized carbons (Fsp3) is 0.391. The molecule has 2 aliphatic heterocycles. The summed E-state index contributed by atoms with van der Waals surface area (Å²) in [5.74, 6) is 0.272. The zero-order valence-electron chi connectivity index (χ0n) is 18.6. The lowest BCUT2D eigenvalue weighted by Gasteiger charge is -2.26. The van der Waals surface area contributed by atoms with Crippen molar-refractivity contribution in [3.63, 3.8) is 0 Å². The van der Waals surface area contributed by atoms with Crippen molar-refractivity contribution >= 4 is 27.5 Å². The van der Waals surface area contributed by atoms with Crippen molar-refractivity contribution in [3.8, 4) is 5.75 Å². The van der Waals surface area contributed by atoms with Crippen molar-refractivity contribution in [2.24, 2.45) is 0 Å². The van der Waals surface area contributed by atoms with Gasteiger partial charge in [0.15, 0.2) is 0 Å². The first-order valence-corrected chi connectivity index (χ1v) is 12.4. The molecular formula is C23H28N4O5S. The van der Waals surface area contributed by atoms with Gasteiger partial charge in [-0.3, -0.25) is 9.59 Å². The molecule has 9 nitrogen and oxygen atoms in total. The number of amides is 2. The molecule has 1 N–H and O–H groups in total. The molecule has 2 aromatic rings. The summed E-state index contributed by atoms with van der Waals surface area (Å²) < 4.78 is 32.3. The zero-order chi connectivity index (χ0) is 23.4.